The smallest absolute Gasteiger partial charge is 0.241 e. The normalized spacial score (nSPS) is 16.5. The summed E-state index contributed by atoms with van der Waals surface area (Å²) in [5, 5.41) is 0. The molecule has 1 saturated heterocycles. The van der Waals surface area contributed by atoms with E-state index < -0.39 is 0 Å². The van der Waals surface area contributed by atoms with Crippen LogP contribution in [0, 0.1) is 0 Å². The van der Waals surface area contributed by atoms with Gasteiger partial charge in [0, 0.05) is 31.4 Å². The van der Waals surface area contributed by atoms with Crippen LogP contribution in [0.15, 0.2) is 30.3 Å². The van der Waals surface area contributed by atoms with Gasteiger partial charge in [-0.1, -0.05) is 18.2 Å². The summed E-state index contributed by atoms with van der Waals surface area (Å²) in [6.45, 7) is 5.07. The van der Waals surface area contributed by atoms with Gasteiger partial charge in [0.15, 0.2) is 0 Å². The number of para-hydroxylation sites is 1. The Labute approximate surface area is 127 Å². The maximum absolute atomic E-state index is 12.4. The first-order chi connectivity index (χ1) is 9.20. The Hall–Kier alpha value is -1.10. The first-order valence-electron chi connectivity index (χ1n) is 7.04. The van der Waals surface area contributed by atoms with Crippen LogP contribution in [0.4, 0.5) is 5.69 Å². The van der Waals surface area contributed by atoms with Crippen molar-refractivity contribution < 1.29 is 4.79 Å². The van der Waals surface area contributed by atoms with E-state index in [4.69, 9.17) is 5.73 Å². The van der Waals surface area contributed by atoms with Crippen molar-refractivity contribution in [1.29, 1.82) is 0 Å². The molecule has 1 aromatic rings. The van der Waals surface area contributed by atoms with Gasteiger partial charge in [-0.2, -0.15) is 0 Å². The predicted molar refractivity (Wildman–Crippen MR) is 85.4 cm³/mol. The van der Waals surface area contributed by atoms with E-state index in [1.807, 2.05) is 42.2 Å². The molecule has 1 aliphatic rings. The molecule has 0 atom stereocenters. The Morgan fingerprint density at radius 3 is 2.45 bits per heavy atom. The number of carbonyl (C=O) groups is 1. The Kier molecular flexibility index (Phi) is 6.99. The number of amides is 1. The van der Waals surface area contributed by atoms with E-state index in [1.54, 1.807) is 0 Å². The molecule has 1 aliphatic heterocycles. The van der Waals surface area contributed by atoms with E-state index >= 15 is 0 Å². The minimum atomic E-state index is 0. The number of carbonyl (C=O) groups excluding carboxylic acids is 1. The number of piperidine rings is 1. The molecule has 5 heteroatoms. The number of hydrogen-bond acceptors (Lipinski definition) is 3. The van der Waals surface area contributed by atoms with Gasteiger partial charge in [-0.15, -0.1) is 12.4 Å². The van der Waals surface area contributed by atoms with E-state index in [1.165, 1.54) is 0 Å². The van der Waals surface area contributed by atoms with Crippen LogP contribution in [0.2, 0.25) is 0 Å². The van der Waals surface area contributed by atoms with Gasteiger partial charge in [-0.05, 0) is 31.9 Å². The van der Waals surface area contributed by atoms with Crippen molar-refractivity contribution >= 4 is 24.0 Å². The molecule has 1 amide bonds. The Morgan fingerprint density at radius 1 is 1.30 bits per heavy atom. The van der Waals surface area contributed by atoms with Crippen molar-refractivity contribution in [2.75, 3.05) is 31.1 Å². The van der Waals surface area contributed by atoms with Gasteiger partial charge >= 0.3 is 0 Å². The van der Waals surface area contributed by atoms with E-state index in [0.29, 0.717) is 19.1 Å². The second-order valence-corrected chi connectivity index (χ2v) is 5.09. The number of rotatable bonds is 4. The molecule has 0 bridgehead atoms. The number of likely N-dealkylation sites (N-methyl/N-ethyl adjacent to an activating group) is 1. The van der Waals surface area contributed by atoms with Gasteiger partial charge in [0.05, 0.1) is 6.54 Å². The molecule has 1 fully saturated rings. The van der Waals surface area contributed by atoms with Gasteiger partial charge in [0.25, 0.3) is 0 Å². The molecule has 1 heterocycles. The first kappa shape index (κ1) is 17.0. The summed E-state index contributed by atoms with van der Waals surface area (Å²) in [4.78, 5) is 16.4. The molecule has 1 aromatic carbocycles. The van der Waals surface area contributed by atoms with E-state index in [9.17, 15) is 4.79 Å². The Balaban J connectivity index is 0.00000200. The lowest BCUT2D eigenvalue weighted by Crippen LogP contribution is -2.45. The Bertz CT molecular complexity index is 405. The zero-order chi connectivity index (χ0) is 13.7. The highest BCUT2D eigenvalue weighted by Gasteiger charge is 2.21. The first-order valence-corrected chi connectivity index (χ1v) is 7.04. The highest BCUT2D eigenvalue weighted by atomic mass is 35.5. The lowest BCUT2D eigenvalue weighted by molar-refractivity contribution is -0.120. The standard InChI is InChI=1S/C15H23N3O.ClH/c1-2-18(14-6-4-3-5-7-14)15(19)12-17-10-8-13(16)9-11-17;/h3-7,13H,2,8-12,16H2,1H3;1H. The molecule has 2 rings (SSSR count). The Morgan fingerprint density at radius 2 is 1.90 bits per heavy atom. The number of benzene rings is 1. The quantitative estimate of drug-likeness (QED) is 0.923. The molecule has 0 unspecified atom stereocenters. The van der Waals surface area contributed by atoms with Crippen LogP contribution in [-0.2, 0) is 4.79 Å². The fourth-order valence-corrected chi connectivity index (χ4v) is 2.50. The zero-order valence-corrected chi connectivity index (χ0v) is 12.8. The highest BCUT2D eigenvalue weighted by molar-refractivity contribution is 5.94. The molecule has 2 N–H and O–H groups in total. The summed E-state index contributed by atoms with van der Waals surface area (Å²) in [6.07, 6.45) is 1.98. The van der Waals surface area contributed by atoms with Crippen LogP contribution in [0.3, 0.4) is 0 Å². The third kappa shape index (κ3) is 4.47. The molecule has 112 valence electrons. The van der Waals surface area contributed by atoms with Crippen LogP contribution < -0.4 is 10.6 Å². The third-order valence-corrected chi connectivity index (χ3v) is 3.68. The van der Waals surface area contributed by atoms with Crippen molar-refractivity contribution in [2.45, 2.75) is 25.8 Å². The van der Waals surface area contributed by atoms with E-state index in [0.717, 1.165) is 31.6 Å². The molecular weight excluding hydrogens is 274 g/mol. The number of halogens is 1. The van der Waals surface area contributed by atoms with Gasteiger partial charge in [0.2, 0.25) is 5.91 Å². The van der Waals surface area contributed by atoms with Gasteiger partial charge < -0.3 is 10.6 Å². The van der Waals surface area contributed by atoms with Crippen LogP contribution in [0.1, 0.15) is 19.8 Å². The number of anilines is 1. The highest BCUT2D eigenvalue weighted by Crippen LogP contribution is 2.14. The fourth-order valence-electron chi connectivity index (χ4n) is 2.50. The van der Waals surface area contributed by atoms with E-state index in [-0.39, 0.29) is 18.3 Å². The second-order valence-electron chi connectivity index (χ2n) is 5.09. The van der Waals surface area contributed by atoms with E-state index in [2.05, 4.69) is 4.90 Å². The largest absolute Gasteiger partial charge is 0.328 e. The maximum Gasteiger partial charge on any atom is 0.241 e. The summed E-state index contributed by atoms with van der Waals surface area (Å²) >= 11 is 0. The second kappa shape index (κ2) is 8.25. The number of nitrogens with two attached hydrogens (primary N) is 1. The van der Waals surface area contributed by atoms with Crippen LogP contribution in [-0.4, -0.2) is 43.0 Å². The van der Waals surface area contributed by atoms with Gasteiger partial charge in [0.1, 0.15) is 0 Å². The molecular formula is C15H24ClN3O. The monoisotopic (exact) mass is 297 g/mol. The zero-order valence-electron chi connectivity index (χ0n) is 12.0. The predicted octanol–water partition coefficient (Wildman–Crippen LogP) is 1.88. The average molecular weight is 298 g/mol. The van der Waals surface area contributed by atoms with Crippen molar-refractivity contribution in [2.24, 2.45) is 5.73 Å². The summed E-state index contributed by atoms with van der Waals surface area (Å²) in [5.41, 5.74) is 6.86. The van der Waals surface area contributed by atoms with Crippen molar-refractivity contribution in [3.63, 3.8) is 0 Å². The van der Waals surface area contributed by atoms with Crippen LogP contribution >= 0.6 is 12.4 Å². The minimum absolute atomic E-state index is 0. The summed E-state index contributed by atoms with van der Waals surface area (Å²) in [6, 6.07) is 10.2. The molecule has 0 aliphatic carbocycles. The fraction of sp³-hybridized carbons (Fsp3) is 0.533. The number of nitrogens with zero attached hydrogens (tertiary/aromatic N) is 2. The number of likely N-dealkylation sites (tertiary alicyclic amines) is 1. The third-order valence-electron chi connectivity index (χ3n) is 3.68. The lowest BCUT2D eigenvalue weighted by atomic mass is 10.1. The molecule has 0 spiro atoms. The SMILES string of the molecule is CCN(C(=O)CN1CCC(N)CC1)c1ccccc1.Cl. The topological polar surface area (TPSA) is 49.6 Å². The summed E-state index contributed by atoms with van der Waals surface area (Å²) in [7, 11) is 0. The molecule has 0 saturated carbocycles. The molecule has 4 nitrogen and oxygen atoms in total. The van der Waals surface area contributed by atoms with Gasteiger partial charge in [-0.25, -0.2) is 0 Å². The molecule has 0 aromatic heterocycles. The van der Waals surface area contributed by atoms with Gasteiger partial charge in [-0.3, -0.25) is 9.69 Å². The summed E-state index contributed by atoms with van der Waals surface area (Å²) in [5.74, 6) is 0.171. The minimum Gasteiger partial charge on any atom is -0.328 e. The lowest BCUT2D eigenvalue weighted by Gasteiger charge is -2.31. The number of hydrogen-bond donors (Lipinski definition) is 1. The average Bonchev–Trinajstić information content (AvgIpc) is 2.43. The van der Waals surface area contributed by atoms with Crippen LogP contribution in [0.5, 0.6) is 0 Å². The molecule has 20 heavy (non-hydrogen) atoms. The van der Waals surface area contributed by atoms with Crippen LogP contribution in [0.25, 0.3) is 0 Å². The molecule has 0 radical (unpaired) electrons. The van der Waals surface area contributed by atoms with Crippen molar-refractivity contribution in [3.05, 3.63) is 30.3 Å². The van der Waals surface area contributed by atoms with Crippen molar-refractivity contribution in [3.8, 4) is 0 Å². The maximum atomic E-state index is 12.4. The van der Waals surface area contributed by atoms with Crippen molar-refractivity contribution in [1.82, 2.24) is 4.90 Å². The summed E-state index contributed by atoms with van der Waals surface area (Å²) < 4.78 is 0.